The number of aliphatic hydroxyl groups excluding tert-OH is 1. The molecule has 0 aromatic carbocycles. The second-order valence-corrected chi connectivity index (χ2v) is 8.18. The number of nitrogens with two attached hydrogens (primary N) is 1. The van der Waals surface area contributed by atoms with E-state index in [-0.39, 0.29) is 23.5 Å². The topological polar surface area (TPSA) is 139 Å². The lowest BCUT2D eigenvalue weighted by atomic mass is 9.82. The van der Waals surface area contributed by atoms with E-state index in [4.69, 9.17) is 5.73 Å². The highest BCUT2D eigenvalue weighted by molar-refractivity contribution is 5.57. The van der Waals surface area contributed by atoms with Crippen LogP contribution in [0, 0.1) is 27.9 Å². The molecule has 0 saturated heterocycles. The average Bonchev–Trinajstić information content (AvgIpc) is 2.72. The molecule has 1 aromatic rings. The zero-order chi connectivity index (χ0) is 19.9. The summed E-state index contributed by atoms with van der Waals surface area (Å²) >= 11 is 0. The monoisotopic (exact) mass is 392 g/mol. The normalized spacial score (nSPS) is 27.9. The highest BCUT2D eigenvalue weighted by atomic mass is 16.6. The van der Waals surface area contributed by atoms with Crippen molar-refractivity contribution in [2.45, 2.75) is 57.5 Å². The molecule has 9 nitrogen and oxygen atoms in total. The fourth-order valence-electron chi connectivity index (χ4n) is 4.29. The van der Waals surface area contributed by atoms with Gasteiger partial charge in [-0.1, -0.05) is 12.8 Å². The summed E-state index contributed by atoms with van der Waals surface area (Å²) in [6, 6.07) is 0. The highest BCUT2D eigenvalue weighted by Crippen LogP contribution is 2.30. The minimum atomic E-state index is -0.456. The third kappa shape index (κ3) is 5.51. The third-order valence-corrected chi connectivity index (χ3v) is 6.22. The van der Waals surface area contributed by atoms with Gasteiger partial charge in [-0.3, -0.25) is 10.1 Å². The Kier molecular flexibility index (Phi) is 7.38. The predicted molar refractivity (Wildman–Crippen MR) is 108 cm³/mol. The van der Waals surface area contributed by atoms with Crippen molar-refractivity contribution in [1.82, 2.24) is 9.97 Å². The standard InChI is InChI=1S/C19H32N6O3/c20-9-13-5-7-14(8-6-13)10-21-18-16(25(27)28)12-23-19(24-18)22-11-15-3-1-2-4-17(15)26/h12-15,17,26H,1-11,20H2,(H2,21,22,23,24)/t13?,14?,15-,17+/m1/s1. The molecular formula is C19H32N6O3. The second kappa shape index (κ2) is 9.97. The Labute approximate surface area is 165 Å². The lowest BCUT2D eigenvalue weighted by Crippen LogP contribution is -2.30. The molecule has 2 fully saturated rings. The van der Waals surface area contributed by atoms with E-state index in [0.717, 1.165) is 57.9 Å². The number of hydrogen-bond acceptors (Lipinski definition) is 8. The summed E-state index contributed by atoms with van der Waals surface area (Å²) in [4.78, 5) is 19.3. The highest BCUT2D eigenvalue weighted by Gasteiger charge is 2.25. The summed E-state index contributed by atoms with van der Waals surface area (Å²) in [6.07, 6.45) is 9.31. The first kappa shape index (κ1) is 20.7. The third-order valence-electron chi connectivity index (χ3n) is 6.22. The van der Waals surface area contributed by atoms with Gasteiger partial charge in [0.15, 0.2) is 0 Å². The summed E-state index contributed by atoms with van der Waals surface area (Å²) in [5, 5.41) is 27.7. The van der Waals surface area contributed by atoms with Crippen LogP contribution in [0.3, 0.4) is 0 Å². The first-order valence-corrected chi connectivity index (χ1v) is 10.4. The zero-order valence-corrected chi connectivity index (χ0v) is 16.3. The lowest BCUT2D eigenvalue weighted by molar-refractivity contribution is -0.384. The Balaban J connectivity index is 1.58. The van der Waals surface area contributed by atoms with E-state index in [0.29, 0.717) is 30.9 Å². The van der Waals surface area contributed by atoms with E-state index >= 15 is 0 Å². The SMILES string of the molecule is NCC1CCC(CNc2nc(NC[C@H]3CCCC[C@@H]3O)ncc2[N+](=O)[O-])CC1. The molecule has 156 valence electrons. The number of aromatic nitrogens is 2. The van der Waals surface area contributed by atoms with Crippen LogP contribution in [0.15, 0.2) is 6.20 Å². The van der Waals surface area contributed by atoms with Gasteiger partial charge in [-0.25, -0.2) is 4.98 Å². The molecule has 0 aliphatic heterocycles. The summed E-state index contributed by atoms with van der Waals surface area (Å²) < 4.78 is 0. The first-order valence-electron chi connectivity index (χ1n) is 10.4. The van der Waals surface area contributed by atoms with Crippen LogP contribution < -0.4 is 16.4 Å². The molecule has 2 saturated carbocycles. The molecule has 1 aromatic heterocycles. The summed E-state index contributed by atoms with van der Waals surface area (Å²) in [6.45, 7) is 1.97. The van der Waals surface area contributed by atoms with Gasteiger partial charge in [0.05, 0.1) is 11.0 Å². The maximum atomic E-state index is 11.3. The Morgan fingerprint density at radius 3 is 2.50 bits per heavy atom. The second-order valence-electron chi connectivity index (χ2n) is 8.18. The Morgan fingerprint density at radius 2 is 1.82 bits per heavy atom. The van der Waals surface area contributed by atoms with Crippen molar-refractivity contribution in [3.05, 3.63) is 16.3 Å². The van der Waals surface area contributed by atoms with Crippen LogP contribution in [0.1, 0.15) is 51.4 Å². The molecule has 0 radical (unpaired) electrons. The van der Waals surface area contributed by atoms with E-state index in [2.05, 4.69) is 20.6 Å². The molecule has 9 heteroatoms. The fraction of sp³-hybridized carbons (Fsp3) is 0.789. The summed E-state index contributed by atoms with van der Waals surface area (Å²) in [7, 11) is 0. The predicted octanol–water partition coefficient (Wildman–Crippen LogP) is 2.52. The molecule has 5 N–H and O–H groups in total. The van der Waals surface area contributed by atoms with Gasteiger partial charge in [0.1, 0.15) is 6.20 Å². The van der Waals surface area contributed by atoms with Crippen molar-refractivity contribution < 1.29 is 10.0 Å². The van der Waals surface area contributed by atoms with Crippen LogP contribution in [0.4, 0.5) is 17.5 Å². The van der Waals surface area contributed by atoms with Gasteiger partial charge in [-0.15, -0.1) is 0 Å². The number of nitrogens with zero attached hydrogens (tertiary/aromatic N) is 3. The molecule has 2 aliphatic rings. The van der Waals surface area contributed by atoms with E-state index in [1.807, 2.05) is 0 Å². The quantitative estimate of drug-likeness (QED) is 0.391. The van der Waals surface area contributed by atoms with Crippen LogP contribution in [0.25, 0.3) is 0 Å². The molecule has 2 atom stereocenters. The van der Waals surface area contributed by atoms with Gasteiger partial charge in [0.2, 0.25) is 11.8 Å². The molecule has 0 amide bonds. The smallest absolute Gasteiger partial charge is 0.329 e. The molecule has 28 heavy (non-hydrogen) atoms. The van der Waals surface area contributed by atoms with Crippen LogP contribution in [-0.2, 0) is 0 Å². The van der Waals surface area contributed by atoms with Gasteiger partial charge in [0.25, 0.3) is 0 Å². The van der Waals surface area contributed by atoms with Crippen molar-refractivity contribution in [3.63, 3.8) is 0 Å². The van der Waals surface area contributed by atoms with Gasteiger partial charge in [-0.05, 0) is 56.9 Å². The summed E-state index contributed by atoms with van der Waals surface area (Å²) in [5.41, 5.74) is 5.63. The van der Waals surface area contributed by atoms with Crippen molar-refractivity contribution in [2.24, 2.45) is 23.5 Å². The van der Waals surface area contributed by atoms with Crippen molar-refractivity contribution >= 4 is 17.5 Å². The summed E-state index contributed by atoms with van der Waals surface area (Å²) in [5.74, 6) is 1.87. The maximum absolute atomic E-state index is 11.3. The van der Waals surface area contributed by atoms with Crippen molar-refractivity contribution in [3.8, 4) is 0 Å². The molecule has 3 rings (SSSR count). The van der Waals surface area contributed by atoms with Gasteiger partial charge < -0.3 is 21.5 Å². The lowest BCUT2D eigenvalue weighted by Gasteiger charge is -2.28. The number of aliphatic hydroxyl groups is 1. The number of rotatable bonds is 8. The van der Waals surface area contributed by atoms with Gasteiger partial charge in [0, 0.05) is 19.0 Å². The van der Waals surface area contributed by atoms with Crippen LogP contribution >= 0.6 is 0 Å². The van der Waals surface area contributed by atoms with Crippen molar-refractivity contribution in [2.75, 3.05) is 30.3 Å². The molecular weight excluding hydrogens is 360 g/mol. The zero-order valence-electron chi connectivity index (χ0n) is 16.3. The minimum Gasteiger partial charge on any atom is -0.393 e. The Hall–Kier alpha value is -2.00. The largest absolute Gasteiger partial charge is 0.393 e. The van der Waals surface area contributed by atoms with Crippen LogP contribution in [-0.4, -0.2) is 45.7 Å². The van der Waals surface area contributed by atoms with Crippen LogP contribution in [0.2, 0.25) is 0 Å². The van der Waals surface area contributed by atoms with Gasteiger partial charge in [-0.2, -0.15) is 4.98 Å². The Bertz CT molecular complexity index is 651. The molecule has 2 aliphatic carbocycles. The molecule has 0 unspecified atom stereocenters. The van der Waals surface area contributed by atoms with E-state index < -0.39 is 4.92 Å². The number of nitro groups is 1. The minimum absolute atomic E-state index is 0.112. The average molecular weight is 393 g/mol. The number of anilines is 2. The number of nitrogens with one attached hydrogen (secondary N) is 2. The van der Waals surface area contributed by atoms with E-state index in [1.165, 1.54) is 6.20 Å². The molecule has 1 heterocycles. The van der Waals surface area contributed by atoms with Crippen molar-refractivity contribution in [1.29, 1.82) is 0 Å². The Morgan fingerprint density at radius 1 is 1.11 bits per heavy atom. The maximum Gasteiger partial charge on any atom is 0.329 e. The fourth-order valence-corrected chi connectivity index (χ4v) is 4.29. The number of hydrogen-bond donors (Lipinski definition) is 4. The van der Waals surface area contributed by atoms with Gasteiger partial charge >= 0.3 is 5.69 Å². The van der Waals surface area contributed by atoms with Crippen LogP contribution in [0.5, 0.6) is 0 Å². The first-order chi connectivity index (χ1) is 13.6. The van der Waals surface area contributed by atoms with E-state index in [9.17, 15) is 15.2 Å². The van der Waals surface area contributed by atoms with E-state index in [1.54, 1.807) is 0 Å². The molecule has 0 spiro atoms. The molecule has 0 bridgehead atoms.